The smallest absolute Gasteiger partial charge is 0.278 e. The molecule has 0 fully saturated rings. The van der Waals surface area contributed by atoms with E-state index in [4.69, 9.17) is 0 Å². The molecule has 0 atom stereocenters. The lowest BCUT2D eigenvalue weighted by molar-refractivity contribution is 0.530. The van der Waals surface area contributed by atoms with Crippen molar-refractivity contribution in [1.82, 2.24) is 29.6 Å². The lowest BCUT2D eigenvalue weighted by atomic mass is 9.91. The van der Waals surface area contributed by atoms with Crippen LogP contribution in [0.3, 0.4) is 0 Å². The minimum atomic E-state index is -0.414. The van der Waals surface area contributed by atoms with Crippen LogP contribution in [0.1, 0.15) is 44.5 Å². The van der Waals surface area contributed by atoms with Gasteiger partial charge in [-0.05, 0) is 49.2 Å². The molecule has 3 aromatic heterocycles. The Kier molecular flexibility index (Phi) is 5.44. The second-order valence-electron chi connectivity index (χ2n) is 9.58. The van der Waals surface area contributed by atoms with Gasteiger partial charge in [0.25, 0.3) is 5.56 Å². The van der Waals surface area contributed by atoms with Crippen LogP contribution in [0.4, 0.5) is 16.0 Å². The van der Waals surface area contributed by atoms with Crippen molar-refractivity contribution in [3.05, 3.63) is 69.5 Å². The van der Waals surface area contributed by atoms with E-state index in [9.17, 15) is 9.18 Å². The van der Waals surface area contributed by atoms with Crippen LogP contribution in [0.2, 0.25) is 0 Å². The van der Waals surface area contributed by atoms with Gasteiger partial charge >= 0.3 is 0 Å². The Balaban J connectivity index is 1.63. The monoisotopic (exact) mass is 461 g/mol. The molecule has 0 saturated carbocycles. The average Bonchev–Trinajstić information content (AvgIpc) is 3.09. The Morgan fingerprint density at radius 2 is 1.97 bits per heavy atom. The molecular formula is C25H28FN7O. The number of pyridine rings is 1. The van der Waals surface area contributed by atoms with Crippen molar-refractivity contribution in [3.8, 4) is 5.82 Å². The fourth-order valence-corrected chi connectivity index (χ4v) is 4.27. The van der Waals surface area contributed by atoms with Gasteiger partial charge in [0.2, 0.25) is 5.95 Å². The molecule has 4 heterocycles. The average molecular weight is 462 g/mol. The van der Waals surface area contributed by atoms with Crippen LogP contribution >= 0.6 is 0 Å². The number of fused-ring (bicyclic) bond motifs is 2. The van der Waals surface area contributed by atoms with E-state index in [1.165, 1.54) is 34.1 Å². The first kappa shape index (κ1) is 22.2. The molecule has 0 spiro atoms. The van der Waals surface area contributed by atoms with E-state index in [0.29, 0.717) is 35.0 Å². The molecule has 34 heavy (non-hydrogen) atoms. The van der Waals surface area contributed by atoms with Gasteiger partial charge in [0.1, 0.15) is 11.2 Å². The molecule has 0 unspecified atom stereocenters. The van der Waals surface area contributed by atoms with Crippen molar-refractivity contribution >= 4 is 22.7 Å². The molecule has 1 aliphatic rings. The largest absolute Gasteiger partial charge is 0.324 e. The van der Waals surface area contributed by atoms with E-state index in [1.807, 2.05) is 33.8 Å². The van der Waals surface area contributed by atoms with Crippen molar-refractivity contribution in [3.63, 3.8) is 0 Å². The molecule has 4 aromatic rings. The van der Waals surface area contributed by atoms with Crippen LogP contribution in [0.5, 0.6) is 0 Å². The van der Waals surface area contributed by atoms with Crippen molar-refractivity contribution in [1.29, 1.82) is 0 Å². The SMILES string of the molecule is CCn1c(=O)c2cnc(Nc3ccc4c(c3)CCNC4)nc2n1-c1cc(F)cc(C(C)(C)C)n1. The summed E-state index contributed by atoms with van der Waals surface area (Å²) < 4.78 is 17.7. The van der Waals surface area contributed by atoms with E-state index in [2.05, 4.69) is 37.7 Å². The standard InChI is InChI=1S/C25H28FN7O/c1-5-32-23(34)19-14-28-24(29-18-7-6-16-13-27-9-8-15(16)10-18)31-22(19)33(32)21-12-17(26)11-20(30-21)25(2,3)4/h6-7,10-12,14,27H,5,8-9,13H2,1-4H3,(H,28,29,31). The zero-order chi connectivity index (χ0) is 24.0. The van der Waals surface area contributed by atoms with Gasteiger partial charge in [0.05, 0.1) is 5.69 Å². The second kappa shape index (κ2) is 8.32. The van der Waals surface area contributed by atoms with Crippen LogP contribution < -0.4 is 16.2 Å². The van der Waals surface area contributed by atoms with Crippen molar-refractivity contribution in [2.24, 2.45) is 0 Å². The summed E-state index contributed by atoms with van der Waals surface area (Å²) in [5.74, 6) is 0.253. The minimum absolute atomic E-state index is 0.242. The Labute approximate surface area is 196 Å². The van der Waals surface area contributed by atoms with Crippen LogP contribution in [0.25, 0.3) is 16.9 Å². The molecule has 1 aliphatic heterocycles. The molecule has 5 rings (SSSR count). The number of benzene rings is 1. The van der Waals surface area contributed by atoms with Gasteiger partial charge in [0, 0.05) is 36.5 Å². The zero-order valence-electron chi connectivity index (χ0n) is 19.8. The van der Waals surface area contributed by atoms with Gasteiger partial charge in [0.15, 0.2) is 11.5 Å². The summed E-state index contributed by atoms with van der Waals surface area (Å²) in [4.78, 5) is 26.8. The summed E-state index contributed by atoms with van der Waals surface area (Å²) in [6.45, 7) is 9.96. The van der Waals surface area contributed by atoms with Crippen molar-refractivity contribution in [2.45, 2.75) is 52.6 Å². The molecule has 0 amide bonds. The number of halogens is 1. The van der Waals surface area contributed by atoms with Crippen LogP contribution in [0.15, 0.2) is 41.3 Å². The normalized spacial score (nSPS) is 13.8. The molecule has 176 valence electrons. The summed E-state index contributed by atoms with van der Waals surface area (Å²) in [6, 6.07) is 8.95. The Bertz CT molecular complexity index is 1450. The lowest BCUT2D eigenvalue weighted by Crippen LogP contribution is -2.23. The first-order valence-corrected chi connectivity index (χ1v) is 11.5. The highest BCUT2D eigenvalue weighted by molar-refractivity contribution is 5.77. The molecule has 0 radical (unpaired) electrons. The summed E-state index contributed by atoms with van der Waals surface area (Å²) in [5, 5.41) is 6.98. The highest BCUT2D eigenvalue weighted by atomic mass is 19.1. The summed E-state index contributed by atoms with van der Waals surface area (Å²) in [5.41, 5.74) is 3.82. The quantitative estimate of drug-likeness (QED) is 0.480. The summed E-state index contributed by atoms with van der Waals surface area (Å²) >= 11 is 0. The predicted molar refractivity (Wildman–Crippen MR) is 130 cm³/mol. The number of rotatable bonds is 4. The fraction of sp³-hybridized carbons (Fsp3) is 0.360. The van der Waals surface area contributed by atoms with Gasteiger partial charge in [-0.3, -0.25) is 4.79 Å². The molecule has 0 aliphatic carbocycles. The minimum Gasteiger partial charge on any atom is -0.324 e. The van der Waals surface area contributed by atoms with E-state index in [1.54, 1.807) is 4.68 Å². The van der Waals surface area contributed by atoms with Crippen molar-refractivity contribution in [2.75, 3.05) is 11.9 Å². The van der Waals surface area contributed by atoms with E-state index < -0.39 is 5.82 Å². The maximum Gasteiger partial charge on any atom is 0.278 e. The number of hydrogen-bond acceptors (Lipinski definition) is 6. The third-order valence-corrected chi connectivity index (χ3v) is 6.09. The van der Waals surface area contributed by atoms with Gasteiger partial charge in [-0.2, -0.15) is 4.98 Å². The summed E-state index contributed by atoms with van der Waals surface area (Å²) in [7, 11) is 0. The molecule has 8 nitrogen and oxygen atoms in total. The maximum absolute atomic E-state index is 14.6. The third-order valence-electron chi connectivity index (χ3n) is 6.09. The number of nitrogens with one attached hydrogen (secondary N) is 2. The van der Waals surface area contributed by atoms with Gasteiger partial charge < -0.3 is 10.6 Å². The van der Waals surface area contributed by atoms with E-state index in [-0.39, 0.29) is 11.0 Å². The summed E-state index contributed by atoms with van der Waals surface area (Å²) in [6.07, 6.45) is 2.48. The Hall–Kier alpha value is -3.59. The molecule has 1 aromatic carbocycles. The second-order valence-corrected chi connectivity index (χ2v) is 9.58. The van der Waals surface area contributed by atoms with Gasteiger partial charge in [-0.1, -0.05) is 26.8 Å². The maximum atomic E-state index is 14.6. The molecule has 2 N–H and O–H groups in total. The number of hydrogen-bond donors (Lipinski definition) is 2. The van der Waals surface area contributed by atoms with E-state index in [0.717, 1.165) is 25.2 Å². The topological polar surface area (TPSA) is 89.7 Å². The lowest BCUT2D eigenvalue weighted by Gasteiger charge is -2.19. The third kappa shape index (κ3) is 3.96. The van der Waals surface area contributed by atoms with Gasteiger partial charge in [-0.25, -0.2) is 23.7 Å². The number of nitrogens with zero attached hydrogens (tertiary/aromatic N) is 5. The van der Waals surface area contributed by atoms with Crippen LogP contribution in [-0.2, 0) is 24.9 Å². The van der Waals surface area contributed by atoms with Crippen LogP contribution in [-0.4, -0.2) is 30.9 Å². The van der Waals surface area contributed by atoms with Crippen LogP contribution in [0, 0.1) is 5.82 Å². The molecule has 0 bridgehead atoms. The Morgan fingerprint density at radius 3 is 2.74 bits per heavy atom. The molecule has 9 heteroatoms. The van der Waals surface area contributed by atoms with Gasteiger partial charge in [-0.15, -0.1) is 0 Å². The predicted octanol–water partition coefficient (Wildman–Crippen LogP) is 3.82. The zero-order valence-corrected chi connectivity index (χ0v) is 19.8. The highest BCUT2D eigenvalue weighted by Gasteiger charge is 2.22. The first-order chi connectivity index (χ1) is 16.2. The number of anilines is 2. The van der Waals surface area contributed by atoms with E-state index >= 15 is 0 Å². The highest BCUT2D eigenvalue weighted by Crippen LogP contribution is 2.25. The number of aromatic nitrogens is 5. The molecular weight excluding hydrogens is 433 g/mol. The first-order valence-electron chi connectivity index (χ1n) is 11.5. The fourth-order valence-electron chi connectivity index (χ4n) is 4.27. The van der Waals surface area contributed by atoms with Crippen molar-refractivity contribution < 1.29 is 4.39 Å². The Morgan fingerprint density at radius 1 is 1.15 bits per heavy atom. The molecule has 0 saturated heterocycles.